The zero-order valence-corrected chi connectivity index (χ0v) is 16.6. The van der Waals surface area contributed by atoms with Gasteiger partial charge in [0, 0.05) is 37.5 Å². The van der Waals surface area contributed by atoms with Crippen LogP contribution in [0.2, 0.25) is 0 Å². The van der Waals surface area contributed by atoms with Gasteiger partial charge in [0.1, 0.15) is 11.9 Å². The van der Waals surface area contributed by atoms with Crippen molar-refractivity contribution in [1.29, 1.82) is 0 Å². The van der Waals surface area contributed by atoms with Crippen LogP contribution in [0.15, 0.2) is 24.3 Å². The molecule has 28 heavy (non-hydrogen) atoms. The van der Waals surface area contributed by atoms with Gasteiger partial charge in [0.05, 0.1) is 0 Å². The molecule has 2 amide bonds. The minimum absolute atomic E-state index is 0.0338. The number of nitrogens with zero attached hydrogens (tertiary/aromatic N) is 2. The van der Waals surface area contributed by atoms with Crippen molar-refractivity contribution in [2.45, 2.75) is 69.5 Å². The van der Waals surface area contributed by atoms with Crippen LogP contribution in [-0.2, 0) is 9.59 Å². The summed E-state index contributed by atoms with van der Waals surface area (Å²) < 4.78 is 13.9. The molecule has 0 aromatic heterocycles. The van der Waals surface area contributed by atoms with Gasteiger partial charge in [0.15, 0.2) is 0 Å². The Morgan fingerprint density at radius 2 is 2.11 bits per heavy atom. The summed E-state index contributed by atoms with van der Waals surface area (Å²) in [7, 11) is 0. The maximum atomic E-state index is 13.9. The van der Waals surface area contributed by atoms with Crippen molar-refractivity contribution in [2.75, 3.05) is 19.6 Å². The van der Waals surface area contributed by atoms with E-state index in [1.165, 1.54) is 6.07 Å². The number of benzene rings is 1. The highest BCUT2D eigenvalue weighted by Gasteiger charge is 2.46. The average molecular weight is 387 g/mol. The van der Waals surface area contributed by atoms with Crippen LogP contribution in [0.4, 0.5) is 4.39 Å². The molecular weight excluding hydrogens is 357 g/mol. The molecule has 3 aliphatic heterocycles. The van der Waals surface area contributed by atoms with E-state index in [0.717, 1.165) is 44.2 Å². The van der Waals surface area contributed by atoms with Crippen molar-refractivity contribution in [1.82, 2.24) is 15.1 Å². The smallest absolute Gasteiger partial charge is 0.245 e. The number of amides is 2. The Bertz CT molecular complexity index is 740. The first kappa shape index (κ1) is 19.4. The van der Waals surface area contributed by atoms with Crippen molar-refractivity contribution in [3.63, 3.8) is 0 Å². The number of nitrogens with one attached hydrogen (secondary N) is 1. The van der Waals surface area contributed by atoms with E-state index in [2.05, 4.69) is 5.32 Å². The fourth-order valence-corrected chi connectivity index (χ4v) is 5.22. The molecule has 3 aliphatic rings. The first-order valence-corrected chi connectivity index (χ1v) is 10.6. The number of fused-ring (bicyclic) bond motifs is 1. The van der Waals surface area contributed by atoms with Gasteiger partial charge in [-0.1, -0.05) is 25.0 Å². The highest BCUT2D eigenvalue weighted by Crippen LogP contribution is 2.36. The first-order valence-electron chi connectivity index (χ1n) is 10.6. The summed E-state index contributed by atoms with van der Waals surface area (Å²) in [5.41, 5.74) is 0.947. The maximum Gasteiger partial charge on any atom is 0.245 e. The van der Waals surface area contributed by atoms with Gasteiger partial charge in [0.25, 0.3) is 0 Å². The number of halogens is 1. The fourth-order valence-electron chi connectivity index (χ4n) is 5.22. The summed E-state index contributed by atoms with van der Waals surface area (Å²) in [6.07, 6.45) is 5.71. The Hall–Kier alpha value is -1.95. The Balaban J connectivity index is 1.60. The number of rotatable bonds is 3. The van der Waals surface area contributed by atoms with E-state index in [1.807, 2.05) is 17.9 Å². The van der Waals surface area contributed by atoms with E-state index >= 15 is 0 Å². The lowest BCUT2D eigenvalue weighted by atomic mass is 9.88. The summed E-state index contributed by atoms with van der Waals surface area (Å²) in [6.45, 7) is 4.03. The molecule has 3 saturated heterocycles. The second-order valence-electron chi connectivity index (χ2n) is 8.42. The Morgan fingerprint density at radius 3 is 2.86 bits per heavy atom. The molecule has 3 heterocycles. The van der Waals surface area contributed by atoms with Gasteiger partial charge in [-0.25, -0.2) is 4.39 Å². The van der Waals surface area contributed by atoms with Gasteiger partial charge in [-0.15, -0.1) is 0 Å². The van der Waals surface area contributed by atoms with Gasteiger partial charge in [-0.3, -0.25) is 9.59 Å². The molecule has 1 N–H and O–H groups in total. The minimum atomic E-state index is -0.424. The van der Waals surface area contributed by atoms with Gasteiger partial charge in [0.2, 0.25) is 11.8 Å². The van der Waals surface area contributed by atoms with E-state index in [9.17, 15) is 14.0 Å². The lowest BCUT2D eigenvalue weighted by molar-refractivity contribution is -0.143. The van der Waals surface area contributed by atoms with E-state index < -0.39 is 6.04 Å². The zero-order chi connectivity index (χ0) is 19.7. The Labute approximate surface area is 166 Å². The molecule has 1 aromatic rings. The van der Waals surface area contributed by atoms with Crippen LogP contribution in [0, 0.1) is 5.82 Å². The lowest BCUT2D eigenvalue weighted by Gasteiger charge is -2.34. The molecule has 1 unspecified atom stereocenters. The van der Waals surface area contributed by atoms with E-state index in [1.54, 1.807) is 17.0 Å². The lowest BCUT2D eigenvalue weighted by Crippen LogP contribution is -2.52. The molecular formula is C22H30FN3O2. The molecule has 152 valence electrons. The number of likely N-dealkylation sites (tertiary alicyclic amines) is 2. The Kier molecular flexibility index (Phi) is 5.67. The summed E-state index contributed by atoms with van der Waals surface area (Å²) in [5.74, 6) is -0.0504. The Morgan fingerprint density at radius 1 is 1.25 bits per heavy atom. The monoisotopic (exact) mass is 387 g/mol. The molecule has 0 radical (unpaired) electrons. The van der Waals surface area contributed by atoms with Crippen molar-refractivity contribution < 1.29 is 14.0 Å². The molecule has 6 heteroatoms. The number of hydrogen-bond donors (Lipinski definition) is 1. The topological polar surface area (TPSA) is 52.7 Å². The van der Waals surface area contributed by atoms with Crippen LogP contribution in [0.3, 0.4) is 0 Å². The van der Waals surface area contributed by atoms with Gasteiger partial charge >= 0.3 is 0 Å². The van der Waals surface area contributed by atoms with Gasteiger partial charge in [-0.2, -0.15) is 0 Å². The average Bonchev–Trinajstić information content (AvgIpc) is 3.23. The van der Waals surface area contributed by atoms with Crippen LogP contribution in [0.5, 0.6) is 0 Å². The summed E-state index contributed by atoms with van der Waals surface area (Å²) >= 11 is 0. The largest absolute Gasteiger partial charge is 0.336 e. The van der Waals surface area contributed by atoms with Crippen LogP contribution in [-0.4, -0.2) is 59.4 Å². The minimum Gasteiger partial charge on any atom is -0.336 e. The van der Waals surface area contributed by atoms with E-state index in [-0.39, 0.29) is 35.6 Å². The highest BCUT2D eigenvalue weighted by molar-refractivity contribution is 5.88. The van der Waals surface area contributed by atoms with Crippen LogP contribution < -0.4 is 5.32 Å². The molecule has 4 atom stereocenters. The SMILES string of the molecule is CC(C(=O)N1C[C@@H](c2cccc(F)c2)[C@@H]2NCCCCC[C@H]21)N1CCCC1=O. The zero-order valence-electron chi connectivity index (χ0n) is 16.6. The van der Waals surface area contributed by atoms with Crippen molar-refractivity contribution in [2.24, 2.45) is 0 Å². The fraction of sp³-hybridized carbons (Fsp3) is 0.636. The quantitative estimate of drug-likeness (QED) is 0.868. The number of carbonyl (C=O) groups is 2. The van der Waals surface area contributed by atoms with E-state index in [0.29, 0.717) is 19.5 Å². The summed E-state index contributed by atoms with van der Waals surface area (Å²) in [5, 5.41) is 3.66. The normalized spacial score (nSPS) is 29.4. The molecule has 3 fully saturated rings. The molecule has 0 saturated carbocycles. The van der Waals surface area contributed by atoms with Gasteiger partial charge in [-0.05, 0) is 50.4 Å². The third-order valence-electron chi connectivity index (χ3n) is 6.69. The third kappa shape index (κ3) is 3.66. The van der Waals surface area contributed by atoms with Crippen LogP contribution in [0.1, 0.15) is 56.9 Å². The van der Waals surface area contributed by atoms with Crippen LogP contribution >= 0.6 is 0 Å². The third-order valence-corrected chi connectivity index (χ3v) is 6.69. The molecule has 1 aromatic carbocycles. The second kappa shape index (κ2) is 8.19. The molecule has 0 spiro atoms. The molecule has 0 bridgehead atoms. The van der Waals surface area contributed by atoms with Crippen molar-refractivity contribution in [3.8, 4) is 0 Å². The van der Waals surface area contributed by atoms with Crippen LogP contribution in [0.25, 0.3) is 0 Å². The van der Waals surface area contributed by atoms with Crippen molar-refractivity contribution in [3.05, 3.63) is 35.6 Å². The number of carbonyl (C=O) groups excluding carboxylic acids is 2. The molecule has 5 nitrogen and oxygen atoms in total. The molecule has 0 aliphatic carbocycles. The number of hydrogen-bond acceptors (Lipinski definition) is 3. The maximum absolute atomic E-state index is 13.9. The summed E-state index contributed by atoms with van der Waals surface area (Å²) in [4.78, 5) is 29.3. The standard InChI is InChI=1S/C22H30FN3O2/c1-15(25-12-6-10-20(25)27)22(28)26-14-18(16-7-5-8-17(23)13-16)21-19(26)9-3-2-4-11-24-21/h5,7-8,13,15,18-19,21,24H,2-4,6,9-12,14H2,1H3/t15?,18-,19+,21-/m0/s1. The van der Waals surface area contributed by atoms with Gasteiger partial charge < -0.3 is 15.1 Å². The predicted molar refractivity (Wildman–Crippen MR) is 105 cm³/mol. The summed E-state index contributed by atoms with van der Waals surface area (Å²) in [6, 6.07) is 6.58. The van der Waals surface area contributed by atoms with E-state index in [4.69, 9.17) is 0 Å². The van der Waals surface area contributed by atoms with Crippen molar-refractivity contribution >= 4 is 11.8 Å². The highest BCUT2D eigenvalue weighted by atomic mass is 19.1. The second-order valence-corrected chi connectivity index (χ2v) is 8.42. The first-order chi connectivity index (χ1) is 13.6. The predicted octanol–water partition coefficient (Wildman–Crippen LogP) is 2.66. The molecule has 4 rings (SSSR count).